The van der Waals surface area contributed by atoms with Crippen LogP contribution in [0.25, 0.3) is 5.65 Å². The minimum Gasteiger partial charge on any atom is -0.459 e. The van der Waals surface area contributed by atoms with Crippen molar-refractivity contribution in [3.63, 3.8) is 0 Å². The molecule has 0 aliphatic heterocycles. The zero-order chi connectivity index (χ0) is 16.6. The van der Waals surface area contributed by atoms with Crippen LogP contribution in [-0.4, -0.2) is 36.8 Å². The molecule has 1 saturated carbocycles. The average Bonchev–Trinajstić information content (AvgIpc) is 2.88. The van der Waals surface area contributed by atoms with Gasteiger partial charge in [-0.1, -0.05) is 13.3 Å². The van der Waals surface area contributed by atoms with Crippen LogP contribution in [0.15, 0.2) is 6.20 Å². The van der Waals surface area contributed by atoms with E-state index in [0.29, 0.717) is 11.3 Å². The monoisotopic (exact) mass is 320 g/mol. The van der Waals surface area contributed by atoms with Crippen molar-refractivity contribution < 1.29 is 9.84 Å². The van der Waals surface area contributed by atoms with Crippen molar-refractivity contribution in [1.29, 1.82) is 0 Å². The molecule has 0 bridgehead atoms. The molecule has 0 aromatic carbocycles. The Morgan fingerprint density at radius 3 is 2.87 bits per heavy atom. The number of aromatic nitrogens is 4. The van der Waals surface area contributed by atoms with E-state index in [9.17, 15) is 5.11 Å². The fraction of sp³-hybridized carbons (Fsp3) is 0.667. The lowest BCUT2D eigenvalue weighted by Crippen LogP contribution is -2.39. The molecule has 0 radical (unpaired) electrons. The maximum absolute atomic E-state index is 10.5. The Kier molecular flexibility index (Phi) is 4.36. The number of nitrogens with two attached hydrogens (primary N) is 2. The molecule has 1 aliphatic rings. The van der Waals surface area contributed by atoms with Gasteiger partial charge >= 0.3 is 6.01 Å². The number of ether oxygens (including phenoxy) is 1. The smallest absolute Gasteiger partial charge is 0.336 e. The van der Waals surface area contributed by atoms with Crippen LogP contribution in [0.2, 0.25) is 0 Å². The summed E-state index contributed by atoms with van der Waals surface area (Å²) in [5, 5.41) is 14.9. The predicted molar refractivity (Wildman–Crippen MR) is 85.9 cm³/mol. The number of anilines is 1. The fourth-order valence-electron chi connectivity index (χ4n) is 3.00. The number of aliphatic hydroxyl groups is 1. The summed E-state index contributed by atoms with van der Waals surface area (Å²) in [6.07, 6.45) is 4.43. The van der Waals surface area contributed by atoms with Crippen LogP contribution < -0.4 is 16.2 Å². The first-order valence-corrected chi connectivity index (χ1v) is 8.11. The van der Waals surface area contributed by atoms with Crippen LogP contribution in [0.1, 0.15) is 51.3 Å². The Bertz CT molecular complexity index is 682. The van der Waals surface area contributed by atoms with E-state index >= 15 is 0 Å². The molecule has 0 amide bonds. The van der Waals surface area contributed by atoms with Gasteiger partial charge in [0.1, 0.15) is 6.10 Å². The third-order valence-electron chi connectivity index (χ3n) is 4.36. The summed E-state index contributed by atoms with van der Waals surface area (Å²) in [7, 11) is 0. The maximum Gasteiger partial charge on any atom is 0.336 e. The van der Waals surface area contributed by atoms with E-state index < -0.39 is 6.10 Å². The molecule has 2 aromatic rings. The summed E-state index contributed by atoms with van der Waals surface area (Å²) in [5.74, 6) is 0.368. The highest BCUT2D eigenvalue weighted by Crippen LogP contribution is 2.37. The summed E-state index contributed by atoms with van der Waals surface area (Å²) >= 11 is 0. The lowest BCUT2D eigenvalue weighted by Gasteiger charge is -2.35. The van der Waals surface area contributed by atoms with E-state index in [1.54, 1.807) is 6.20 Å². The number of nitrogen functional groups attached to an aromatic ring is 1. The number of aliphatic hydroxyl groups excluding tert-OH is 1. The van der Waals surface area contributed by atoms with Gasteiger partial charge in [-0.15, -0.1) is 5.10 Å². The quantitative estimate of drug-likeness (QED) is 0.726. The van der Waals surface area contributed by atoms with Crippen LogP contribution in [-0.2, 0) is 0 Å². The minimum atomic E-state index is -0.667. The van der Waals surface area contributed by atoms with E-state index in [1.807, 2.05) is 6.92 Å². The van der Waals surface area contributed by atoms with Crippen molar-refractivity contribution in [2.45, 2.75) is 57.8 Å². The highest BCUT2D eigenvalue weighted by molar-refractivity contribution is 5.59. The molecule has 0 spiro atoms. The summed E-state index contributed by atoms with van der Waals surface area (Å²) in [4.78, 5) is 8.37. The molecular weight excluding hydrogens is 296 g/mol. The van der Waals surface area contributed by atoms with E-state index in [4.69, 9.17) is 16.2 Å². The number of hydrogen-bond donors (Lipinski definition) is 3. The maximum atomic E-state index is 10.5. The van der Waals surface area contributed by atoms with Crippen LogP contribution in [0.4, 0.5) is 5.82 Å². The number of imidazole rings is 1. The van der Waals surface area contributed by atoms with Gasteiger partial charge in [0.2, 0.25) is 0 Å². The molecule has 0 saturated heterocycles. The van der Waals surface area contributed by atoms with Gasteiger partial charge in [-0.05, 0) is 32.1 Å². The molecule has 2 atom stereocenters. The zero-order valence-electron chi connectivity index (χ0n) is 13.5. The van der Waals surface area contributed by atoms with Crippen molar-refractivity contribution in [3.05, 3.63) is 11.9 Å². The van der Waals surface area contributed by atoms with Crippen molar-refractivity contribution >= 4 is 11.5 Å². The first-order valence-electron chi connectivity index (χ1n) is 8.11. The second-order valence-electron chi connectivity index (χ2n) is 6.35. The Hall–Kier alpha value is -1.93. The lowest BCUT2D eigenvalue weighted by atomic mass is 9.76. The van der Waals surface area contributed by atoms with Gasteiger partial charge in [0.15, 0.2) is 11.5 Å². The highest BCUT2D eigenvalue weighted by Gasteiger charge is 2.34. The molecule has 23 heavy (non-hydrogen) atoms. The zero-order valence-corrected chi connectivity index (χ0v) is 13.5. The molecule has 3 rings (SSSR count). The SMILES string of the molecule is CCC[C@H](C)Oc1nc(N)c2ncc([C@@H](O)C3CC(N)C3)n2n1. The first kappa shape index (κ1) is 15.9. The Labute approximate surface area is 134 Å². The molecule has 8 heteroatoms. The van der Waals surface area contributed by atoms with Crippen LogP contribution in [0.5, 0.6) is 6.01 Å². The van der Waals surface area contributed by atoms with Gasteiger partial charge in [0.25, 0.3) is 0 Å². The Morgan fingerprint density at radius 1 is 1.48 bits per heavy atom. The molecule has 5 N–H and O–H groups in total. The van der Waals surface area contributed by atoms with Gasteiger partial charge in [-0.2, -0.15) is 4.98 Å². The van der Waals surface area contributed by atoms with Crippen LogP contribution >= 0.6 is 0 Å². The molecule has 0 unspecified atom stereocenters. The Morgan fingerprint density at radius 2 is 2.22 bits per heavy atom. The van der Waals surface area contributed by atoms with Crippen LogP contribution in [0.3, 0.4) is 0 Å². The van der Waals surface area contributed by atoms with Gasteiger partial charge in [-0.25, -0.2) is 9.50 Å². The minimum absolute atomic E-state index is 0.00150. The standard InChI is InChI=1S/C15H24N6O2/c1-3-4-8(2)23-15-19-13(17)14-18-7-11(21(14)20-15)12(22)9-5-10(16)6-9/h7-10,12,22H,3-6,16H2,1-2H3,(H2,17,19,20)/t8-,9?,10?,12-/m0/s1. The molecule has 2 heterocycles. The summed E-state index contributed by atoms with van der Waals surface area (Å²) in [6, 6.07) is 0.370. The number of hydrogen-bond acceptors (Lipinski definition) is 7. The summed E-state index contributed by atoms with van der Waals surface area (Å²) in [6.45, 7) is 4.05. The second-order valence-corrected chi connectivity index (χ2v) is 6.35. The molecule has 1 fully saturated rings. The predicted octanol–water partition coefficient (Wildman–Crippen LogP) is 1.04. The van der Waals surface area contributed by atoms with Crippen molar-refractivity contribution in [1.82, 2.24) is 19.6 Å². The molecule has 1 aliphatic carbocycles. The first-order chi connectivity index (χ1) is 11.0. The van der Waals surface area contributed by atoms with Gasteiger partial charge in [-0.3, -0.25) is 0 Å². The molecule has 2 aromatic heterocycles. The van der Waals surface area contributed by atoms with E-state index in [-0.39, 0.29) is 29.9 Å². The van der Waals surface area contributed by atoms with Crippen molar-refractivity contribution in [3.8, 4) is 6.01 Å². The normalized spacial score (nSPS) is 23.5. The number of rotatable bonds is 6. The van der Waals surface area contributed by atoms with Gasteiger partial charge < -0.3 is 21.3 Å². The average molecular weight is 320 g/mol. The topological polar surface area (TPSA) is 125 Å². The highest BCUT2D eigenvalue weighted by atomic mass is 16.5. The van der Waals surface area contributed by atoms with Crippen molar-refractivity contribution in [2.75, 3.05) is 5.73 Å². The number of nitrogens with zero attached hydrogens (tertiary/aromatic N) is 4. The lowest BCUT2D eigenvalue weighted by molar-refractivity contribution is 0.0457. The Balaban J connectivity index is 1.89. The largest absolute Gasteiger partial charge is 0.459 e. The number of fused-ring (bicyclic) bond motifs is 1. The third-order valence-corrected chi connectivity index (χ3v) is 4.36. The van der Waals surface area contributed by atoms with Crippen LogP contribution in [0, 0.1) is 5.92 Å². The molecule has 8 nitrogen and oxygen atoms in total. The summed E-state index contributed by atoms with van der Waals surface area (Å²) in [5.41, 5.74) is 12.8. The van der Waals surface area contributed by atoms with E-state index in [2.05, 4.69) is 22.0 Å². The van der Waals surface area contributed by atoms with Gasteiger partial charge in [0.05, 0.1) is 18.0 Å². The van der Waals surface area contributed by atoms with Crippen molar-refractivity contribution in [2.24, 2.45) is 11.7 Å². The summed E-state index contributed by atoms with van der Waals surface area (Å²) < 4.78 is 7.25. The molecular formula is C15H24N6O2. The van der Waals surface area contributed by atoms with Gasteiger partial charge in [0, 0.05) is 6.04 Å². The second kappa shape index (κ2) is 6.29. The fourth-order valence-corrected chi connectivity index (χ4v) is 3.00. The van der Waals surface area contributed by atoms with E-state index in [0.717, 1.165) is 25.7 Å². The molecule has 126 valence electrons. The van der Waals surface area contributed by atoms with E-state index in [1.165, 1.54) is 4.52 Å². The third kappa shape index (κ3) is 3.09.